The number of carbonyl (C=O) groups excluding carboxylic acids is 1. The molecule has 0 aliphatic rings. The highest BCUT2D eigenvalue weighted by atomic mass is 35.5. The van der Waals surface area contributed by atoms with Crippen LogP contribution in [0, 0.1) is 12.7 Å². The highest BCUT2D eigenvalue weighted by Gasteiger charge is 2.15. The topological polar surface area (TPSA) is 20.3 Å². The van der Waals surface area contributed by atoms with Crippen molar-refractivity contribution in [3.8, 4) is 0 Å². The van der Waals surface area contributed by atoms with Crippen LogP contribution < -0.4 is 0 Å². The number of rotatable bonds is 3. The molecule has 2 rings (SSSR count). The fourth-order valence-electron chi connectivity index (χ4n) is 2.03. The first-order valence-electron chi connectivity index (χ1n) is 6.24. The van der Waals surface area contributed by atoms with Crippen LogP contribution in [0.1, 0.15) is 21.5 Å². The van der Waals surface area contributed by atoms with Gasteiger partial charge < -0.3 is 4.90 Å². The molecule has 0 atom stereocenters. The molecule has 0 heterocycles. The Kier molecular flexibility index (Phi) is 4.40. The summed E-state index contributed by atoms with van der Waals surface area (Å²) in [6, 6.07) is 11.6. The molecular weight excluding hydrogens is 277 g/mol. The van der Waals surface area contributed by atoms with Crippen LogP contribution in [0.5, 0.6) is 0 Å². The number of benzene rings is 2. The van der Waals surface area contributed by atoms with Gasteiger partial charge in [0, 0.05) is 24.2 Å². The van der Waals surface area contributed by atoms with E-state index in [0.29, 0.717) is 22.7 Å². The van der Waals surface area contributed by atoms with E-state index in [0.717, 1.165) is 5.56 Å². The summed E-state index contributed by atoms with van der Waals surface area (Å²) in [6.07, 6.45) is 0. The van der Waals surface area contributed by atoms with E-state index in [4.69, 9.17) is 11.6 Å². The third kappa shape index (κ3) is 3.17. The van der Waals surface area contributed by atoms with Crippen molar-refractivity contribution in [3.63, 3.8) is 0 Å². The molecule has 2 aromatic carbocycles. The van der Waals surface area contributed by atoms with E-state index in [1.807, 2.05) is 18.2 Å². The van der Waals surface area contributed by atoms with Gasteiger partial charge >= 0.3 is 0 Å². The summed E-state index contributed by atoms with van der Waals surface area (Å²) in [7, 11) is 1.70. The van der Waals surface area contributed by atoms with Crippen molar-refractivity contribution in [2.24, 2.45) is 0 Å². The quantitative estimate of drug-likeness (QED) is 0.835. The molecule has 2 nitrogen and oxygen atoms in total. The van der Waals surface area contributed by atoms with Gasteiger partial charge in [0.05, 0.1) is 0 Å². The van der Waals surface area contributed by atoms with Crippen molar-refractivity contribution < 1.29 is 9.18 Å². The second kappa shape index (κ2) is 6.06. The molecule has 0 unspecified atom stereocenters. The van der Waals surface area contributed by atoms with Gasteiger partial charge in [-0.1, -0.05) is 29.8 Å². The normalized spacial score (nSPS) is 10.4. The molecule has 0 bridgehead atoms. The molecule has 104 valence electrons. The maximum atomic E-state index is 13.1. The number of aryl methyl sites for hydroxylation is 1. The van der Waals surface area contributed by atoms with Gasteiger partial charge in [0.15, 0.2) is 0 Å². The fraction of sp³-hybridized carbons (Fsp3) is 0.188. The van der Waals surface area contributed by atoms with Crippen LogP contribution in [0.2, 0.25) is 5.02 Å². The first kappa shape index (κ1) is 14.5. The summed E-state index contributed by atoms with van der Waals surface area (Å²) in [4.78, 5) is 13.9. The van der Waals surface area contributed by atoms with Crippen LogP contribution >= 0.6 is 11.6 Å². The van der Waals surface area contributed by atoms with Crippen LogP contribution in [0.25, 0.3) is 0 Å². The van der Waals surface area contributed by atoms with Crippen molar-refractivity contribution in [1.82, 2.24) is 4.90 Å². The van der Waals surface area contributed by atoms with E-state index in [9.17, 15) is 9.18 Å². The van der Waals surface area contributed by atoms with E-state index >= 15 is 0 Å². The van der Waals surface area contributed by atoms with E-state index in [2.05, 4.69) is 0 Å². The largest absolute Gasteiger partial charge is 0.337 e. The van der Waals surface area contributed by atoms with Crippen LogP contribution in [0.4, 0.5) is 4.39 Å². The molecule has 4 heteroatoms. The molecular formula is C16H15ClFNO. The van der Waals surface area contributed by atoms with E-state index in [1.54, 1.807) is 24.9 Å². The smallest absolute Gasteiger partial charge is 0.254 e. The second-order valence-corrected chi connectivity index (χ2v) is 5.12. The van der Waals surface area contributed by atoms with Gasteiger partial charge in [-0.25, -0.2) is 4.39 Å². The molecule has 1 amide bonds. The predicted octanol–water partition coefficient (Wildman–Crippen LogP) is 4.06. The third-order valence-electron chi connectivity index (χ3n) is 3.13. The summed E-state index contributed by atoms with van der Waals surface area (Å²) >= 11 is 6.08. The zero-order valence-electron chi connectivity index (χ0n) is 11.4. The molecule has 0 saturated heterocycles. The molecule has 2 aromatic rings. The number of hydrogen-bond donors (Lipinski definition) is 0. The van der Waals surface area contributed by atoms with Crippen LogP contribution in [-0.4, -0.2) is 17.9 Å². The highest BCUT2D eigenvalue weighted by Crippen LogP contribution is 2.18. The Hall–Kier alpha value is -1.87. The van der Waals surface area contributed by atoms with E-state index < -0.39 is 0 Å². The molecule has 0 N–H and O–H groups in total. The van der Waals surface area contributed by atoms with Crippen molar-refractivity contribution in [2.45, 2.75) is 13.5 Å². The molecule has 0 saturated carbocycles. The summed E-state index contributed by atoms with van der Waals surface area (Å²) in [5.41, 5.74) is 2.01. The van der Waals surface area contributed by atoms with Gasteiger partial charge in [0.25, 0.3) is 5.91 Å². The SMILES string of the molecule is Cc1cc(F)ccc1C(=O)N(C)Cc1ccccc1Cl. The van der Waals surface area contributed by atoms with Crippen molar-refractivity contribution in [3.05, 3.63) is 70.0 Å². The van der Waals surface area contributed by atoms with E-state index in [1.165, 1.54) is 18.2 Å². The Morgan fingerprint density at radius 3 is 2.60 bits per heavy atom. The number of halogens is 2. The van der Waals surface area contributed by atoms with Crippen LogP contribution in [0.3, 0.4) is 0 Å². The van der Waals surface area contributed by atoms with Gasteiger partial charge in [-0.05, 0) is 42.3 Å². The minimum atomic E-state index is -0.340. The fourth-order valence-corrected chi connectivity index (χ4v) is 2.22. The van der Waals surface area contributed by atoms with Gasteiger partial charge in [-0.3, -0.25) is 4.79 Å². The van der Waals surface area contributed by atoms with Gasteiger partial charge in [0.1, 0.15) is 5.82 Å². The zero-order valence-corrected chi connectivity index (χ0v) is 12.1. The maximum absolute atomic E-state index is 13.1. The second-order valence-electron chi connectivity index (χ2n) is 4.71. The molecule has 20 heavy (non-hydrogen) atoms. The lowest BCUT2D eigenvalue weighted by atomic mass is 10.1. The lowest BCUT2D eigenvalue weighted by molar-refractivity contribution is 0.0784. The summed E-state index contributed by atoms with van der Waals surface area (Å²) in [6.45, 7) is 2.13. The molecule has 0 aromatic heterocycles. The van der Waals surface area contributed by atoms with Gasteiger partial charge in [-0.2, -0.15) is 0 Å². The minimum Gasteiger partial charge on any atom is -0.337 e. The van der Waals surface area contributed by atoms with Crippen LogP contribution in [0.15, 0.2) is 42.5 Å². The zero-order chi connectivity index (χ0) is 14.7. The Morgan fingerprint density at radius 2 is 1.95 bits per heavy atom. The number of carbonyl (C=O) groups is 1. The first-order chi connectivity index (χ1) is 9.49. The molecule has 0 spiro atoms. The molecule has 0 aliphatic carbocycles. The first-order valence-corrected chi connectivity index (χ1v) is 6.62. The summed E-state index contributed by atoms with van der Waals surface area (Å²) < 4.78 is 13.1. The van der Waals surface area contributed by atoms with Crippen molar-refractivity contribution in [1.29, 1.82) is 0 Å². The standard InChI is InChI=1S/C16H15ClFNO/c1-11-9-13(18)7-8-14(11)16(20)19(2)10-12-5-3-4-6-15(12)17/h3-9H,10H2,1-2H3. The predicted molar refractivity (Wildman–Crippen MR) is 78.4 cm³/mol. The summed E-state index contributed by atoms with van der Waals surface area (Å²) in [5, 5.41) is 0.628. The monoisotopic (exact) mass is 291 g/mol. The van der Waals surface area contributed by atoms with Crippen LogP contribution in [-0.2, 0) is 6.54 Å². The van der Waals surface area contributed by atoms with Crippen molar-refractivity contribution in [2.75, 3.05) is 7.05 Å². The third-order valence-corrected chi connectivity index (χ3v) is 3.50. The molecule has 0 fully saturated rings. The Morgan fingerprint density at radius 1 is 1.25 bits per heavy atom. The van der Waals surface area contributed by atoms with Gasteiger partial charge in [0.2, 0.25) is 0 Å². The van der Waals surface area contributed by atoms with Gasteiger partial charge in [-0.15, -0.1) is 0 Å². The Balaban J connectivity index is 2.19. The average molecular weight is 292 g/mol. The number of hydrogen-bond acceptors (Lipinski definition) is 1. The minimum absolute atomic E-state index is 0.151. The van der Waals surface area contributed by atoms with Crippen molar-refractivity contribution >= 4 is 17.5 Å². The lowest BCUT2D eigenvalue weighted by Crippen LogP contribution is -2.27. The maximum Gasteiger partial charge on any atom is 0.254 e. The number of amides is 1. The average Bonchev–Trinajstić information content (AvgIpc) is 2.40. The number of nitrogens with zero attached hydrogens (tertiary/aromatic N) is 1. The lowest BCUT2D eigenvalue weighted by Gasteiger charge is -2.19. The molecule has 0 aliphatic heterocycles. The Bertz CT molecular complexity index is 642. The highest BCUT2D eigenvalue weighted by molar-refractivity contribution is 6.31. The molecule has 0 radical (unpaired) electrons. The van der Waals surface area contributed by atoms with E-state index in [-0.39, 0.29) is 11.7 Å². The Labute approximate surface area is 122 Å². The summed E-state index contributed by atoms with van der Waals surface area (Å²) in [5.74, 6) is -0.491.